The SMILES string of the molecule is Cc1ccc2cc(C3C(N)CCCN3C)ccc2n1. The molecule has 19 heavy (non-hydrogen) atoms. The van der Waals surface area contributed by atoms with Crippen molar-refractivity contribution < 1.29 is 0 Å². The minimum absolute atomic E-state index is 0.231. The molecule has 100 valence electrons. The molecule has 2 atom stereocenters. The van der Waals surface area contributed by atoms with Crippen molar-refractivity contribution in [1.29, 1.82) is 0 Å². The van der Waals surface area contributed by atoms with Crippen molar-refractivity contribution in [3.63, 3.8) is 0 Å². The average Bonchev–Trinajstić information content (AvgIpc) is 2.38. The number of piperidine rings is 1. The van der Waals surface area contributed by atoms with E-state index in [-0.39, 0.29) is 6.04 Å². The summed E-state index contributed by atoms with van der Waals surface area (Å²) >= 11 is 0. The molecule has 0 radical (unpaired) electrons. The molecule has 0 aliphatic carbocycles. The molecule has 3 heteroatoms. The van der Waals surface area contributed by atoms with Gasteiger partial charge in [-0.15, -0.1) is 0 Å². The number of fused-ring (bicyclic) bond motifs is 1. The van der Waals surface area contributed by atoms with Crippen LogP contribution in [0.25, 0.3) is 10.9 Å². The summed E-state index contributed by atoms with van der Waals surface area (Å²) in [7, 11) is 2.17. The number of likely N-dealkylation sites (N-methyl/N-ethyl adjacent to an activating group) is 1. The third-order valence-corrected chi connectivity index (χ3v) is 4.12. The fraction of sp³-hybridized carbons (Fsp3) is 0.438. The molecule has 0 amide bonds. The average molecular weight is 255 g/mol. The van der Waals surface area contributed by atoms with Crippen molar-refractivity contribution in [2.24, 2.45) is 5.73 Å². The Labute approximate surface area is 114 Å². The third-order valence-electron chi connectivity index (χ3n) is 4.12. The van der Waals surface area contributed by atoms with Crippen molar-refractivity contribution in [1.82, 2.24) is 9.88 Å². The molecule has 1 aromatic carbocycles. The first-order valence-electron chi connectivity index (χ1n) is 6.98. The van der Waals surface area contributed by atoms with E-state index >= 15 is 0 Å². The molecule has 0 spiro atoms. The van der Waals surface area contributed by atoms with Crippen molar-refractivity contribution >= 4 is 10.9 Å². The number of aryl methyl sites for hydroxylation is 1. The molecule has 2 aromatic rings. The number of nitrogens with zero attached hydrogens (tertiary/aromatic N) is 2. The van der Waals surface area contributed by atoms with E-state index in [1.54, 1.807) is 0 Å². The molecule has 2 heterocycles. The summed E-state index contributed by atoms with van der Waals surface area (Å²) in [4.78, 5) is 6.93. The number of hydrogen-bond donors (Lipinski definition) is 1. The number of aromatic nitrogens is 1. The van der Waals surface area contributed by atoms with Crippen molar-refractivity contribution in [2.45, 2.75) is 31.8 Å². The van der Waals surface area contributed by atoms with E-state index in [4.69, 9.17) is 5.73 Å². The second-order valence-electron chi connectivity index (χ2n) is 5.64. The van der Waals surface area contributed by atoms with Crippen LogP contribution in [0, 0.1) is 6.92 Å². The van der Waals surface area contributed by atoms with Gasteiger partial charge in [-0.1, -0.05) is 12.1 Å². The number of likely N-dealkylation sites (tertiary alicyclic amines) is 1. The Morgan fingerprint density at radius 3 is 2.89 bits per heavy atom. The Morgan fingerprint density at radius 1 is 1.26 bits per heavy atom. The zero-order valence-corrected chi connectivity index (χ0v) is 11.6. The first-order chi connectivity index (χ1) is 9.15. The van der Waals surface area contributed by atoms with Gasteiger partial charge in [0.2, 0.25) is 0 Å². The zero-order valence-electron chi connectivity index (χ0n) is 11.6. The van der Waals surface area contributed by atoms with Crippen molar-refractivity contribution in [3.8, 4) is 0 Å². The largest absolute Gasteiger partial charge is 0.326 e. The van der Waals surface area contributed by atoms with E-state index in [1.807, 2.05) is 6.92 Å². The summed E-state index contributed by atoms with van der Waals surface area (Å²) in [5.74, 6) is 0. The Bertz CT molecular complexity index is 584. The van der Waals surface area contributed by atoms with Gasteiger partial charge in [-0.25, -0.2) is 0 Å². The molecule has 1 aromatic heterocycles. The van der Waals surface area contributed by atoms with Crippen LogP contribution in [-0.2, 0) is 0 Å². The van der Waals surface area contributed by atoms with E-state index in [0.717, 1.165) is 24.2 Å². The number of rotatable bonds is 1. The Morgan fingerprint density at radius 2 is 2.11 bits per heavy atom. The van der Waals surface area contributed by atoms with Crippen molar-refractivity contribution in [3.05, 3.63) is 41.6 Å². The van der Waals surface area contributed by atoms with Gasteiger partial charge in [0.15, 0.2) is 0 Å². The van der Waals surface area contributed by atoms with Crippen LogP contribution in [-0.4, -0.2) is 29.5 Å². The number of nitrogens with two attached hydrogens (primary N) is 1. The molecule has 1 aliphatic heterocycles. The number of pyridine rings is 1. The lowest BCUT2D eigenvalue weighted by atomic mass is 9.91. The normalized spacial score (nSPS) is 24.8. The molecular weight excluding hydrogens is 234 g/mol. The van der Waals surface area contributed by atoms with Crippen LogP contribution in [0.1, 0.15) is 30.1 Å². The summed E-state index contributed by atoms with van der Waals surface area (Å²) < 4.78 is 0. The molecule has 1 fully saturated rings. The second-order valence-corrected chi connectivity index (χ2v) is 5.64. The standard InChI is InChI=1S/C16H21N3/c1-11-5-6-12-10-13(7-8-15(12)18-11)16-14(17)4-3-9-19(16)2/h5-8,10,14,16H,3-4,9,17H2,1-2H3. The molecular formula is C16H21N3. The lowest BCUT2D eigenvalue weighted by Crippen LogP contribution is -2.43. The quantitative estimate of drug-likeness (QED) is 0.851. The van der Waals surface area contributed by atoms with Gasteiger partial charge >= 0.3 is 0 Å². The van der Waals surface area contributed by atoms with Gasteiger partial charge in [-0.05, 0) is 57.1 Å². The van der Waals surface area contributed by atoms with Gasteiger partial charge in [0.25, 0.3) is 0 Å². The molecule has 0 bridgehead atoms. The summed E-state index contributed by atoms with van der Waals surface area (Å²) in [6.45, 7) is 3.15. The van der Waals surface area contributed by atoms with E-state index in [2.05, 4.69) is 47.3 Å². The minimum Gasteiger partial charge on any atom is -0.326 e. The first kappa shape index (κ1) is 12.6. The molecule has 3 rings (SSSR count). The highest BCUT2D eigenvalue weighted by Gasteiger charge is 2.27. The van der Waals surface area contributed by atoms with Gasteiger partial charge in [0, 0.05) is 23.2 Å². The van der Waals surface area contributed by atoms with E-state index in [1.165, 1.54) is 17.4 Å². The monoisotopic (exact) mass is 255 g/mol. The highest BCUT2D eigenvalue weighted by atomic mass is 15.2. The van der Waals surface area contributed by atoms with E-state index in [0.29, 0.717) is 6.04 Å². The van der Waals surface area contributed by atoms with Gasteiger partial charge < -0.3 is 5.73 Å². The lowest BCUT2D eigenvalue weighted by molar-refractivity contribution is 0.163. The second kappa shape index (κ2) is 4.91. The van der Waals surface area contributed by atoms with Crippen molar-refractivity contribution in [2.75, 3.05) is 13.6 Å². The van der Waals surface area contributed by atoms with Crippen LogP contribution >= 0.6 is 0 Å². The molecule has 3 nitrogen and oxygen atoms in total. The van der Waals surface area contributed by atoms with Crippen LogP contribution in [0.15, 0.2) is 30.3 Å². The Hall–Kier alpha value is -1.45. The molecule has 1 aliphatic rings. The Balaban J connectivity index is 2.02. The summed E-state index contributed by atoms with van der Waals surface area (Å²) in [6, 6.07) is 11.3. The Kier molecular flexibility index (Phi) is 3.25. The highest BCUT2D eigenvalue weighted by molar-refractivity contribution is 5.79. The third kappa shape index (κ3) is 2.36. The van der Waals surface area contributed by atoms with Crippen LogP contribution in [0.2, 0.25) is 0 Å². The molecule has 2 N–H and O–H groups in total. The molecule has 1 saturated heterocycles. The van der Waals surface area contributed by atoms with Crippen LogP contribution in [0.5, 0.6) is 0 Å². The fourth-order valence-corrected chi connectivity index (χ4v) is 3.13. The zero-order chi connectivity index (χ0) is 13.4. The maximum Gasteiger partial charge on any atom is 0.0705 e. The van der Waals surface area contributed by atoms with Crippen LogP contribution < -0.4 is 5.73 Å². The van der Waals surface area contributed by atoms with E-state index < -0.39 is 0 Å². The predicted octanol–water partition coefficient (Wildman–Crippen LogP) is 2.64. The minimum atomic E-state index is 0.231. The van der Waals surface area contributed by atoms with Gasteiger partial charge in [0.1, 0.15) is 0 Å². The summed E-state index contributed by atoms with van der Waals surface area (Å²) in [5, 5.41) is 1.20. The van der Waals surface area contributed by atoms with Gasteiger partial charge in [-0.3, -0.25) is 9.88 Å². The number of hydrogen-bond acceptors (Lipinski definition) is 3. The highest BCUT2D eigenvalue weighted by Crippen LogP contribution is 2.30. The fourth-order valence-electron chi connectivity index (χ4n) is 3.13. The van der Waals surface area contributed by atoms with Gasteiger partial charge in [-0.2, -0.15) is 0 Å². The summed E-state index contributed by atoms with van der Waals surface area (Å²) in [6.07, 6.45) is 2.31. The van der Waals surface area contributed by atoms with Gasteiger partial charge in [0.05, 0.1) is 5.52 Å². The topological polar surface area (TPSA) is 42.1 Å². The lowest BCUT2D eigenvalue weighted by Gasteiger charge is -2.37. The summed E-state index contributed by atoms with van der Waals surface area (Å²) in [5.41, 5.74) is 9.75. The smallest absolute Gasteiger partial charge is 0.0705 e. The molecule has 0 saturated carbocycles. The number of benzene rings is 1. The predicted molar refractivity (Wildman–Crippen MR) is 79.1 cm³/mol. The maximum atomic E-state index is 6.31. The van der Waals surface area contributed by atoms with E-state index in [9.17, 15) is 0 Å². The van der Waals surface area contributed by atoms with Crippen LogP contribution in [0.4, 0.5) is 0 Å². The first-order valence-corrected chi connectivity index (χ1v) is 6.98. The maximum absolute atomic E-state index is 6.31. The molecule has 2 unspecified atom stereocenters. The van der Waals surface area contributed by atoms with Crippen LogP contribution in [0.3, 0.4) is 0 Å².